The normalized spacial score (nSPS) is 16.7. The van der Waals surface area contributed by atoms with Crippen LogP contribution in [0.5, 0.6) is 0 Å². The van der Waals surface area contributed by atoms with E-state index in [1.165, 1.54) is 17.3 Å². The molecule has 0 radical (unpaired) electrons. The van der Waals surface area contributed by atoms with Crippen LogP contribution in [0.25, 0.3) is 11.0 Å². The Balaban J connectivity index is 0.000000440. The van der Waals surface area contributed by atoms with Gasteiger partial charge in [-0.05, 0) is 68.5 Å². The summed E-state index contributed by atoms with van der Waals surface area (Å²) in [7, 11) is 0. The molecular weight excluding hydrogens is 652 g/mol. The number of aliphatic carboxylic acids is 2. The van der Waals surface area contributed by atoms with Gasteiger partial charge in [-0.3, -0.25) is 9.59 Å². The van der Waals surface area contributed by atoms with E-state index >= 15 is 0 Å². The lowest BCUT2D eigenvalue weighted by atomic mass is 9.96. The molecule has 1 aliphatic heterocycles. The van der Waals surface area contributed by atoms with E-state index < -0.39 is 30.3 Å². The number of carboxylic acids is 2. The van der Waals surface area contributed by atoms with Gasteiger partial charge in [0.25, 0.3) is 0 Å². The van der Waals surface area contributed by atoms with Gasteiger partial charge in [-0.25, -0.2) is 14.6 Å². The fraction of sp³-hybridized carbons (Fsp3) is 0.423. The minimum absolute atomic E-state index is 0.153. The van der Waals surface area contributed by atoms with Crippen LogP contribution in [0.15, 0.2) is 30.3 Å². The lowest BCUT2D eigenvalue weighted by Crippen LogP contribution is -2.50. The Labute approximate surface area is 260 Å². The molecule has 3 heterocycles. The Kier molecular flexibility index (Phi) is 13.2. The number of fused-ring (bicyclic) bond motifs is 1. The average molecular weight is 682 g/mol. The molecule has 20 heteroatoms. The lowest BCUT2D eigenvalue weighted by Gasteiger charge is -2.17. The molecule has 2 amide bonds. The molecule has 0 spiro atoms. The predicted octanol–water partition coefficient (Wildman–Crippen LogP) is 2.59. The Bertz CT molecular complexity index is 1510. The fourth-order valence-electron chi connectivity index (χ4n) is 3.96. The Morgan fingerprint density at radius 1 is 1.02 bits per heavy atom. The number of halogens is 6. The van der Waals surface area contributed by atoms with Gasteiger partial charge in [0.1, 0.15) is 22.9 Å². The number of benzene rings is 1. The summed E-state index contributed by atoms with van der Waals surface area (Å²) in [4.78, 5) is 47.1. The molecule has 1 saturated heterocycles. The molecule has 7 N–H and O–H groups in total. The SMILES string of the molecule is Cc1nc(N)ccc1CNC(=O)[C@H](C)NC(=O)C1CC(Cc2ccc3nsnc3c2)CN1.O=C(O)C(F)(F)F.O=C(O)C(F)(F)F. The minimum Gasteiger partial charge on any atom is -0.475 e. The molecule has 2 unspecified atom stereocenters. The number of pyridine rings is 1. The molecular formula is C26H29F6N7O6S. The number of hydrogen-bond acceptors (Lipinski definition) is 10. The van der Waals surface area contributed by atoms with Crippen LogP contribution in [-0.4, -0.2) is 78.7 Å². The van der Waals surface area contributed by atoms with Crippen molar-refractivity contribution in [1.29, 1.82) is 0 Å². The first-order valence-corrected chi connectivity index (χ1v) is 13.9. The highest BCUT2D eigenvalue weighted by atomic mass is 32.1. The number of alkyl halides is 6. The van der Waals surface area contributed by atoms with Crippen LogP contribution in [0.3, 0.4) is 0 Å². The van der Waals surface area contributed by atoms with Crippen LogP contribution >= 0.6 is 11.7 Å². The maximum absolute atomic E-state index is 12.7. The van der Waals surface area contributed by atoms with Gasteiger partial charge in [-0.15, -0.1) is 0 Å². The summed E-state index contributed by atoms with van der Waals surface area (Å²) in [6, 6.07) is 8.73. The van der Waals surface area contributed by atoms with Gasteiger partial charge >= 0.3 is 24.3 Å². The Hall–Kier alpha value is -4.59. The number of rotatable bonds is 7. The van der Waals surface area contributed by atoms with Crippen molar-refractivity contribution < 1.29 is 55.7 Å². The van der Waals surface area contributed by atoms with E-state index in [1.54, 1.807) is 13.0 Å². The zero-order chi connectivity index (χ0) is 34.8. The van der Waals surface area contributed by atoms with Crippen molar-refractivity contribution >= 4 is 52.3 Å². The molecule has 3 atom stereocenters. The Morgan fingerprint density at radius 3 is 2.17 bits per heavy atom. The zero-order valence-electron chi connectivity index (χ0n) is 24.1. The largest absolute Gasteiger partial charge is 0.490 e. The van der Waals surface area contributed by atoms with Gasteiger partial charge in [0.2, 0.25) is 11.8 Å². The second-order valence-electron chi connectivity index (χ2n) is 9.89. The van der Waals surface area contributed by atoms with Gasteiger partial charge in [-0.1, -0.05) is 12.1 Å². The highest BCUT2D eigenvalue weighted by molar-refractivity contribution is 7.00. The summed E-state index contributed by atoms with van der Waals surface area (Å²) in [6.45, 7) is 4.62. The van der Waals surface area contributed by atoms with E-state index in [0.717, 1.165) is 41.7 Å². The van der Waals surface area contributed by atoms with Crippen LogP contribution in [0, 0.1) is 12.8 Å². The van der Waals surface area contributed by atoms with Crippen molar-refractivity contribution in [2.45, 2.75) is 57.7 Å². The highest BCUT2D eigenvalue weighted by Crippen LogP contribution is 2.22. The third-order valence-electron chi connectivity index (χ3n) is 6.29. The van der Waals surface area contributed by atoms with Crippen molar-refractivity contribution in [3.05, 3.63) is 47.2 Å². The van der Waals surface area contributed by atoms with Gasteiger partial charge < -0.3 is 31.9 Å². The highest BCUT2D eigenvalue weighted by Gasteiger charge is 2.39. The molecule has 1 fully saturated rings. The first-order chi connectivity index (χ1) is 21.3. The van der Waals surface area contributed by atoms with E-state index in [2.05, 4.69) is 41.8 Å². The summed E-state index contributed by atoms with van der Waals surface area (Å²) in [5.41, 5.74) is 10.3. The van der Waals surface area contributed by atoms with Gasteiger partial charge in [0.05, 0.1) is 17.8 Å². The first-order valence-electron chi connectivity index (χ1n) is 13.1. The number of anilines is 1. The number of aromatic nitrogens is 3. The number of amides is 2. The number of nitrogen functional groups attached to an aromatic ring is 1. The monoisotopic (exact) mass is 681 g/mol. The zero-order valence-corrected chi connectivity index (χ0v) is 24.9. The third kappa shape index (κ3) is 12.1. The van der Waals surface area contributed by atoms with E-state index in [0.29, 0.717) is 18.3 Å². The molecule has 0 saturated carbocycles. The minimum atomic E-state index is -5.08. The van der Waals surface area contributed by atoms with Crippen LogP contribution in [0.1, 0.15) is 30.2 Å². The summed E-state index contributed by atoms with van der Waals surface area (Å²) in [5, 5.41) is 23.2. The van der Waals surface area contributed by atoms with Crippen molar-refractivity contribution in [3.8, 4) is 0 Å². The molecule has 1 aliphatic rings. The molecule has 13 nitrogen and oxygen atoms in total. The van der Waals surface area contributed by atoms with Gasteiger partial charge in [-0.2, -0.15) is 35.1 Å². The van der Waals surface area contributed by atoms with Crippen molar-refractivity contribution in [2.24, 2.45) is 5.92 Å². The maximum atomic E-state index is 12.7. The van der Waals surface area contributed by atoms with Crippen LogP contribution in [-0.2, 0) is 32.1 Å². The smallest absolute Gasteiger partial charge is 0.475 e. The number of carboxylic acid groups (broad SMARTS) is 2. The number of hydrogen-bond donors (Lipinski definition) is 6. The van der Waals surface area contributed by atoms with Gasteiger partial charge in [0.15, 0.2) is 0 Å². The summed E-state index contributed by atoms with van der Waals surface area (Å²) < 4.78 is 72.0. The Morgan fingerprint density at radius 2 is 1.61 bits per heavy atom. The molecule has 1 aromatic carbocycles. The number of aryl methyl sites for hydroxylation is 1. The number of nitrogens with one attached hydrogen (secondary N) is 3. The summed E-state index contributed by atoms with van der Waals surface area (Å²) in [6.07, 6.45) is -8.57. The van der Waals surface area contributed by atoms with E-state index in [9.17, 15) is 35.9 Å². The summed E-state index contributed by atoms with van der Waals surface area (Å²) >= 11 is 1.21. The predicted molar refractivity (Wildman–Crippen MR) is 151 cm³/mol. The number of nitrogens with zero attached hydrogens (tertiary/aromatic N) is 3. The topological polar surface area (TPSA) is 210 Å². The molecule has 46 heavy (non-hydrogen) atoms. The number of carbonyl (C=O) groups is 4. The number of nitrogens with two attached hydrogens (primary N) is 1. The molecule has 3 aromatic rings. The van der Waals surface area contributed by atoms with E-state index in [4.69, 9.17) is 25.5 Å². The molecule has 252 valence electrons. The van der Waals surface area contributed by atoms with E-state index in [1.807, 2.05) is 19.1 Å². The van der Waals surface area contributed by atoms with Crippen molar-refractivity contribution in [3.63, 3.8) is 0 Å². The summed E-state index contributed by atoms with van der Waals surface area (Å²) in [5.74, 6) is -5.12. The lowest BCUT2D eigenvalue weighted by molar-refractivity contribution is -0.193. The molecule has 4 rings (SSSR count). The third-order valence-corrected chi connectivity index (χ3v) is 6.84. The van der Waals surface area contributed by atoms with Crippen LogP contribution in [0.2, 0.25) is 0 Å². The first kappa shape index (κ1) is 37.6. The van der Waals surface area contributed by atoms with Crippen LogP contribution < -0.4 is 21.7 Å². The van der Waals surface area contributed by atoms with E-state index in [-0.39, 0.29) is 17.9 Å². The molecule has 0 bridgehead atoms. The van der Waals surface area contributed by atoms with Gasteiger partial charge in [0, 0.05) is 12.2 Å². The molecule has 2 aromatic heterocycles. The average Bonchev–Trinajstić information content (AvgIpc) is 3.61. The quantitative estimate of drug-likeness (QED) is 0.200. The standard InChI is InChI=1S/C22H27N7O2S.2C2HF3O2/c1-12-16(4-6-20(23)26-12)11-25-21(30)13(2)27-22(31)19-9-15(10-24-19)7-14-3-5-17-18(8-14)29-32-28-17;2*3-2(4,5)1(6)7/h3-6,8,13,15,19,24H,7,9-11H2,1-2H3,(H2,23,26)(H,25,30)(H,27,31);2*(H,6,7)/t13-,15?,19?;;/m0../s1. The molecule has 0 aliphatic carbocycles. The number of carbonyl (C=O) groups excluding carboxylic acids is 2. The fourth-order valence-corrected chi connectivity index (χ4v) is 4.48. The van der Waals surface area contributed by atoms with Crippen molar-refractivity contribution in [1.82, 2.24) is 29.7 Å². The maximum Gasteiger partial charge on any atom is 0.490 e. The second kappa shape index (κ2) is 16.1. The van der Waals surface area contributed by atoms with Crippen molar-refractivity contribution in [2.75, 3.05) is 12.3 Å². The van der Waals surface area contributed by atoms with Crippen LogP contribution in [0.4, 0.5) is 32.2 Å². The second-order valence-corrected chi connectivity index (χ2v) is 10.4.